The molecule has 7 nitrogen and oxygen atoms in total. The molecule has 1 heterocycles. The van der Waals surface area contributed by atoms with E-state index in [1.54, 1.807) is 42.8 Å². The number of aliphatic hydroxyl groups is 1. The average Bonchev–Trinajstić information content (AvgIpc) is 2.69. The maximum absolute atomic E-state index is 14.1. The Kier molecular flexibility index (Phi) is 8.70. The van der Waals surface area contributed by atoms with Gasteiger partial charge >= 0.3 is 13.5 Å². The second-order valence-electron chi connectivity index (χ2n) is 7.00. The highest BCUT2D eigenvalue weighted by Crippen LogP contribution is 2.55. The number of aliphatic carboxylic acids is 1. The summed E-state index contributed by atoms with van der Waals surface area (Å²) in [5.41, 5.74) is 0.773. The molecule has 156 valence electrons. The van der Waals surface area contributed by atoms with E-state index >= 15 is 0 Å². The van der Waals surface area contributed by atoms with Crippen molar-refractivity contribution in [2.75, 3.05) is 26.0 Å². The van der Waals surface area contributed by atoms with Crippen molar-refractivity contribution < 1.29 is 28.8 Å². The van der Waals surface area contributed by atoms with Crippen LogP contribution in [-0.4, -0.2) is 58.9 Å². The average molecular weight is 411 g/mol. The second kappa shape index (κ2) is 10.8. The molecule has 1 aliphatic heterocycles. The van der Waals surface area contributed by atoms with Gasteiger partial charge in [-0.15, -0.1) is 0 Å². The lowest BCUT2D eigenvalue weighted by atomic mass is 10.1. The predicted octanol–water partition coefficient (Wildman–Crippen LogP) is 3.54. The van der Waals surface area contributed by atoms with Gasteiger partial charge in [-0.05, 0) is 45.2 Å². The third-order valence-corrected chi connectivity index (χ3v) is 7.51. The van der Waals surface area contributed by atoms with Crippen molar-refractivity contribution in [3.8, 4) is 5.75 Å². The van der Waals surface area contributed by atoms with Gasteiger partial charge in [0.05, 0.1) is 12.8 Å². The molecule has 1 aromatic rings. The van der Waals surface area contributed by atoms with Crippen LogP contribution in [-0.2, 0) is 14.1 Å². The van der Waals surface area contributed by atoms with Crippen molar-refractivity contribution in [3.63, 3.8) is 0 Å². The molecule has 2 N–H and O–H groups in total. The molecule has 2 atom stereocenters. The zero-order chi connectivity index (χ0) is 20.6. The minimum atomic E-state index is -3.53. The van der Waals surface area contributed by atoms with E-state index in [1.165, 1.54) is 0 Å². The molecule has 2 rings (SSSR count). The molecule has 1 saturated heterocycles. The van der Waals surface area contributed by atoms with Gasteiger partial charge in [0, 0.05) is 19.3 Å². The van der Waals surface area contributed by atoms with E-state index in [4.69, 9.17) is 9.26 Å². The molecule has 28 heavy (non-hydrogen) atoms. The van der Waals surface area contributed by atoms with Gasteiger partial charge in [0.2, 0.25) is 0 Å². The van der Waals surface area contributed by atoms with Crippen LogP contribution in [0.15, 0.2) is 42.0 Å². The van der Waals surface area contributed by atoms with Gasteiger partial charge in [-0.2, -0.15) is 0 Å². The number of rotatable bonds is 10. The topological polar surface area (TPSA) is 96.3 Å². The summed E-state index contributed by atoms with van der Waals surface area (Å²) in [6.45, 7) is 4.27. The van der Waals surface area contributed by atoms with Crippen LogP contribution in [0.4, 0.5) is 0 Å². The molecule has 0 bridgehead atoms. The summed E-state index contributed by atoms with van der Waals surface area (Å²) >= 11 is 0. The molecule has 0 saturated carbocycles. The monoisotopic (exact) mass is 411 g/mol. The number of ether oxygens (including phenoxy) is 1. The standard InChI is InChI=1S/C20H30NO6P/c1-16(15-22)7-6-14-28(25,27-19-8-4-3-5-9-19)21(17(2)20(23)24)18-10-12-26-13-11-18/h3-5,7-9,17-18,22H,6,10-15H2,1-2H3,(H,23,24)/b16-7+/t17-,28+/m0/s1. The molecule has 0 spiro atoms. The van der Waals surface area contributed by atoms with Crippen LogP contribution in [0.25, 0.3) is 0 Å². The summed E-state index contributed by atoms with van der Waals surface area (Å²) in [5, 5.41) is 18.9. The van der Waals surface area contributed by atoms with Gasteiger partial charge in [-0.1, -0.05) is 29.8 Å². The van der Waals surface area contributed by atoms with Crippen molar-refractivity contribution in [1.82, 2.24) is 4.67 Å². The maximum atomic E-state index is 14.1. The number of para-hydroxylation sites is 1. The normalized spacial score (nSPS) is 19.2. The van der Waals surface area contributed by atoms with E-state index in [9.17, 15) is 19.6 Å². The number of allylic oxidation sites excluding steroid dienone is 1. The fourth-order valence-electron chi connectivity index (χ4n) is 3.28. The first kappa shape index (κ1) is 22.6. The molecule has 1 fully saturated rings. The van der Waals surface area contributed by atoms with Crippen molar-refractivity contribution >= 4 is 13.5 Å². The SMILES string of the molecule is C/C(=C\CC[P@@](=O)(Oc1ccccc1)N(C1CCOCC1)[C@@H](C)C(=O)O)CO. The Bertz CT molecular complexity index is 702. The van der Waals surface area contributed by atoms with Gasteiger partial charge < -0.3 is 19.5 Å². The zero-order valence-corrected chi connectivity index (χ0v) is 17.4. The van der Waals surface area contributed by atoms with Crippen LogP contribution in [0.3, 0.4) is 0 Å². The number of hydrogen-bond donors (Lipinski definition) is 2. The number of benzene rings is 1. The quantitative estimate of drug-likeness (QED) is 0.449. The zero-order valence-electron chi connectivity index (χ0n) is 16.5. The Morgan fingerprint density at radius 1 is 1.36 bits per heavy atom. The number of carboxylic acids is 1. The Morgan fingerprint density at radius 2 is 2.00 bits per heavy atom. The lowest BCUT2D eigenvalue weighted by molar-refractivity contribution is -0.142. The van der Waals surface area contributed by atoms with E-state index in [1.807, 2.05) is 12.1 Å². The number of hydrogen-bond acceptors (Lipinski definition) is 5. The van der Waals surface area contributed by atoms with Crippen LogP contribution in [0.1, 0.15) is 33.1 Å². The minimum Gasteiger partial charge on any atom is -0.480 e. The lowest BCUT2D eigenvalue weighted by Gasteiger charge is -2.40. The third kappa shape index (κ3) is 6.17. The highest BCUT2D eigenvalue weighted by Gasteiger charge is 2.43. The molecular formula is C20H30NO6P. The summed E-state index contributed by atoms with van der Waals surface area (Å²) in [4.78, 5) is 11.8. The second-order valence-corrected chi connectivity index (χ2v) is 9.37. The molecule has 0 unspecified atom stereocenters. The first-order valence-electron chi connectivity index (χ1n) is 9.57. The van der Waals surface area contributed by atoms with Crippen LogP contribution in [0, 0.1) is 0 Å². The Morgan fingerprint density at radius 3 is 2.57 bits per heavy atom. The highest BCUT2D eigenvalue weighted by molar-refractivity contribution is 7.57. The molecular weight excluding hydrogens is 381 g/mol. The summed E-state index contributed by atoms with van der Waals surface area (Å²) in [5.74, 6) is -0.589. The molecule has 0 amide bonds. The van der Waals surface area contributed by atoms with E-state index in [0.29, 0.717) is 38.2 Å². The van der Waals surface area contributed by atoms with Gasteiger partial charge in [0.1, 0.15) is 11.8 Å². The number of carboxylic acid groups (broad SMARTS) is 1. The first-order valence-corrected chi connectivity index (χ1v) is 11.3. The Labute approximate surface area is 166 Å². The van der Waals surface area contributed by atoms with Crippen molar-refractivity contribution in [1.29, 1.82) is 0 Å². The number of nitrogens with zero attached hydrogens (tertiary/aromatic N) is 1. The fraction of sp³-hybridized carbons (Fsp3) is 0.550. The first-order chi connectivity index (χ1) is 13.4. The smallest absolute Gasteiger partial charge is 0.321 e. The number of aliphatic hydroxyl groups excluding tert-OH is 1. The minimum absolute atomic E-state index is 0.0704. The molecule has 0 aromatic heterocycles. The largest absolute Gasteiger partial charge is 0.480 e. The van der Waals surface area contributed by atoms with Gasteiger partial charge in [-0.3, -0.25) is 9.36 Å². The lowest BCUT2D eigenvalue weighted by Crippen LogP contribution is -2.47. The summed E-state index contributed by atoms with van der Waals surface area (Å²) in [6, 6.07) is 7.69. The van der Waals surface area contributed by atoms with Gasteiger partial charge in [0.25, 0.3) is 0 Å². The molecule has 0 radical (unpaired) electrons. The van der Waals surface area contributed by atoms with Gasteiger partial charge in [-0.25, -0.2) is 4.67 Å². The van der Waals surface area contributed by atoms with Crippen molar-refractivity contribution in [2.45, 2.75) is 45.2 Å². The van der Waals surface area contributed by atoms with Crippen LogP contribution in [0.2, 0.25) is 0 Å². The Balaban J connectivity index is 2.38. The fourth-order valence-corrected chi connectivity index (χ4v) is 5.96. The molecule has 0 aliphatic carbocycles. The van der Waals surface area contributed by atoms with Crippen LogP contribution in [0.5, 0.6) is 5.75 Å². The van der Waals surface area contributed by atoms with Crippen molar-refractivity contribution in [2.24, 2.45) is 0 Å². The number of carbonyl (C=O) groups is 1. The molecule has 1 aromatic carbocycles. The predicted molar refractivity (Wildman–Crippen MR) is 108 cm³/mol. The van der Waals surface area contributed by atoms with E-state index in [-0.39, 0.29) is 18.8 Å². The van der Waals surface area contributed by atoms with Crippen LogP contribution >= 0.6 is 7.52 Å². The molecule has 1 aliphatic rings. The highest BCUT2D eigenvalue weighted by atomic mass is 31.2. The van der Waals surface area contributed by atoms with E-state index in [0.717, 1.165) is 5.57 Å². The van der Waals surface area contributed by atoms with E-state index < -0.39 is 19.5 Å². The summed E-state index contributed by atoms with van der Waals surface area (Å²) in [6.07, 6.45) is 3.60. The van der Waals surface area contributed by atoms with E-state index in [2.05, 4.69) is 0 Å². The summed E-state index contributed by atoms with van der Waals surface area (Å²) < 4.78 is 27.1. The van der Waals surface area contributed by atoms with Crippen molar-refractivity contribution in [3.05, 3.63) is 42.0 Å². The molecule has 8 heteroatoms. The van der Waals surface area contributed by atoms with Crippen LogP contribution < -0.4 is 4.52 Å². The maximum Gasteiger partial charge on any atom is 0.321 e. The third-order valence-electron chi connectivity index (χ3n) is 4.82. The van der Waals surface area contributed by atoms with Gasteiger partial charge in [0.15, 0.2) is 0 Å². The Hall–Kier alpha value is -1.66. The summed E-state index contributed by atoms with van der Waals surface area (Å²) in [7, 11) is -3.53.